The fraction of sp³-hybridized carbons (Fsp3) is 0.0625. The average molecular weight is 300 g/mol. The van der Waals surface area contributed by atoms with Crippen molar-refractivity contribution >= 4 is 39.8 Å². The first kappa shape index (κ1) is 13.5. The van der Waals surface area contributed by atoms with Crippen LogP contribution in [-0.4, -0.2) is 10.5 Å². The fourth-order valence-electron chi connectivity index (χ4n) is 2.34. The molecule has 0 saturated heterocycles. The number of para-hydroxylation sites is 1. The molecule has 5 heteroatoms. The molecule has 1 aromatic heterocycles. The van der Waals surface area contributed by atoms with Gasteiger partial charge in [0.2, 0.25) is 5.91 Å². The van der Waals surface area contributed by atoms with Gasteiger partial charge in [-0.05, 0) is 30.3 Å². The Kier molecular flexibility index (Phi) is 3.54. The van der Waals surface area contributed by atoms with E-state index in [4.69, 9.17) is 17.3 Å². The molecule has 0 fully saturated rings. The van der Waals surface area contributed by atoms with Gasteiger partial charge in [-0.1, -0.05) is 29.8 Å². The summed E-state index contributed by atoms with van der Waals surface area (Å²) in [4.78, 5) is 12.1. The summed E-state index contributed by atoms with van der Waals surface area (Å²) in [6, 6.07) is 14.7. The Morgan fingerprint density at radius 2 is 2.00 bits per heavy atom. The van der Waals surface area contributed by atoms with Gasteiger partial charge < -0.3 is 15.6 Å². The number of fused-ring (bicyclic) bond motifs is 1. The molecule has 3 N–H and O–H groups in total. The van der Waals surface area contributed by atoms with Gasteiger partial charge in [-0.3, -0.25) is 4.79 Å². The summed E-state index contributed by atoms with van der Waals surface area (Å²) >= 11 is 5.90. The summed E-state index contributed by atoms with van der Waals surface area (Å²) < 4.78 is 1.84. The second kappa shape index (κ2) is 5.50. The van der Waals surface area contributed by atoms with E-state index in [0.29, 0.717) is 16.4 Å². The second-order valence-electron chi connectivity index (χ2n) is 4.79. The molecule has 21 heavy (non-hydrogen) atoms. The third-order valence-electron chi connectivity index (χ3n) is 3.24. The normalized spacial score (nSPS) is 10.7. The van der Waals surface area contributed by atoms with Gasteiger partial charge in [0, 0.05) is 22.3 Å². The molecule has 106 valence electrons. The zero-order chi connectivity index (χ0) is 14.8. The van der Waals surface area contributed by atoms with Crippen molar-refractivity contribution in [3.63, 3.8) is 0 Å². The molecule has 0 atom stereocenters. The number of halogens is 1. The first-order valence-electron chi connectivity index (χ1n) is 6.52. The zero-order valence-electron chi connectivity index (χ0n) is 11.2. The second-order valence-corrected chi connectivity index (χ2v) is 5.22. The van der Waals surface area contributed by atoms with Crippen molar-refractivity contribution in [3.8, 4) is 0 Å². The van der Waals surface area contributed by atoms with Crippen molar-refractivity contribution < 1.29 is 4.79 Å². The number of amides is 1. The predicted octanol–water partition coefficient (Wildman–Crippen LogP) is 3.52. The van der Waals surface area contributed by atoms with Crippen molar-refractivity contribution in [3.05, 3.63) is 59.8 Å². The average Bonchev–Trinajstić information content (AvgIpc) is 2.83. The standard InChI is InChI=1S/C16H14ClN3O/c17-12-4-2-5-13(9-12)19-15(21)10-20-8-7-11-3-1-6-14(18)16(11)20/h1-9H,10,18H2,(H,19,21). The topological polar surface area (TPSA) is 60.0 Å². The molecule has 3 rings (SSSR count). The number of carbonyl (C=O) groups is 1. The SMILES string of the molecule is Nc1cccc2ccn(CC(=O)Nc3cccc(Cl)c3)c12. The van der Waals surface area contributed by atoms with Crippen LogP contribution in [0.3, 0.4) is 0 Å². The van der Waals surface area contributed by atoms with Crippen molar-refractivity contribution in [1.29, 1.82) is 0 Å². The predicted molar refractivity (Wildman–Crippen MR) is 86.4 cm³/mol. The molecule has 0 spiro atoms. The summed E-state index contributed by atoms with van der Waals surface area (Å²) in [6.45, 7) is 0.199. The first-order valence-corrected chi connectivity index (χ1v) is 6.90. The molecule has 0 aliphatic rings. The summed E-state index contributed by atoms with van der Waals surface area (Å²) in [5.41, 5.74) is 8.19. The molecular weight excluding hydrogens is 286 g/mol. The van der Waals surface area contributed by atoms with Crippen LogP contribution in [0.5, 0.6) is 0 Å². The number of rotatable bonds is 3. The molecule has 0 bridgehead atoms. The Bertz CT molecular complexity index is 810. The number of benzene rings is 2. The van der Waals surface area contributed by atoms with E-state index in [1.165, 1.54) is 0 Å². The van der Waals surface area contributed by atoms with Gasteiger partial charge >= 0.3 is 0 Å². The van der Waals surface area contributed by atoms with E-state index in [-0.39, 0.29) is 12.5 Å². The summed E-state index contributed by atoms with van der Waals surface area (Å²) in [5.74, 6) is -0.127. The first-order chi connectivity index (χ1) is 10.1. The quantitative estimate of drug-likeness (QED) is 0.727. The van der Waals surface area contributed by atoms with E-state index in [2.05, 4.69) is 5.32 Å². The number of nitrogens with two attached hydrogens (primary N) is 1. The molecule has 0 aliphatic carbocycles. The number of hydrogen-bond acceptors (Lipinski definition) is 2. The van der Waals surface area contributed by atoms with Crippen LogP contribution in [0.15, 0.2) is 54.7 Å². The highest BCUT2D eigenvalue weighted by Crippen LogP contribution is 2.22. The van der Waals surface area contributed by atoms with E-state index >= 15 is 0 Å². The maximum absolute atomic E-state index is 12.1. The highest BCUT2D eigenvalue weighted by molar-refractivity contribution is 6.30. The Hall–Kier alpha value is -2.46. The lowest BCUT2D eigenvalue weighted by molar-refractivity contribution is -0.116. The largest absolute Gasteiger partial charge is 0.397 e. The smallest absolute Gasteiger partial charge is 0.244 e. The van der Waals surface area contributed by atoms with E-state index in [0.717, 1.165) is 10.9 Å². The molecule has 1 amide bonds. The van der Waals surface area contributed by atoms with Crippen molar-refractivity contribution in [1.82, 2.24) is 4.57 Å². The summed E-state index contributed by atoms with van der Waals surface area (Å²) in [5, 5.41) is 4.43. The van der Waals surface area contributed by atoms with Gasteiger partial charge in [0.15, 0.2) is 0 Å². The lowest BCUT2D eigenvalue weighted by Gasteiger charge is -2.09. The van der Waals surface area contributed by atoms with Crippen molar-refractivity contribution in [2.24, 2.45) is 0 Å². The van der Waals surface area contributed by atoms with Crippen LogP contribution in [0.2, 0.25) is 5.02 Å². The summed E-state index contributed by atoms with van der Waals surface area (Å²) in [7, 11) is 0. The number of nitrogens with one attached hydrogen (secondary N) is 1. The lowest BCUT2D eigenvalue weighted by atomic mass is 10.2. The van der Waals surface area contributed by atoms with Crippen LogP contribution < -0.4 is 11.1 Å². The number of nitrogen functional groups attached to an aromatic ring is 1. The van der Waals surface area contributed by atoms with E-state index in [1.54, 1.807) is 24.3 Å². The van der Waals surface area contributed by atoms with E-state index < -0.39 is 0 Å². The minimum absolute atomic E-state index is 0.127. The van der Waals surface area contributed by atoms with Crippen molar-refractivity contribution in [2.45, 2.75) is 6.54 Å². The lowest BCUT2D eigenvalue weighted by Crippen LogP contribution is -2.18. The molecule has 1 heterocycles. The minimum Gasteiger partial charge on any atom is -0.397 e. The van der Waals surface area contributed by atoms with E-state index in [9.17, 15) is 4.79 Å². The number of nitrogens with zero attached hydrogens (tertiary/aromatic N) is 1. The van der Waals surface area contributed by atoms with Crippen LogP contribution >= 0.6 is 11.6 Å². The third-order valence-corrected chi connectivity index (χ3v) is 3.48. The van der Waals surface area contributed by atoms with Crippen LogP contribution in [0, 0.1) is 0 Å². The molecule has 0 radical (unpaired) electrons. The molecule has 0 aliphatic heterocycles. The molecule has 4 nitrogen and oxygen atoms in total. The number of carbonyl (C=O) groups excluding carboxylic acids is 1. The zero-order valence-corrected chi connectivity index (χ0v) is 12.0. The Morgan fingerprint density at radius 3 is 2.81 bits per heavy atom. The molecule has 3 aromatic rings. The summed E-state index contributed by atoms with van der Waals surface area (Å²) in [6.07, 6.45) is 1.86. The number of anilines is 2. The van der Waals surface area contributed by atoms with Crippen LogP contribution in [0.4, 0.5) is 11.4 Å². The fourth-order valence-corrected chi connectivity index (χ4v) is 2.53. The Morgan fingerprint density at radius 1 is 1.19 bits per heavy atom. The van der Waals surface area contributed by atoms with Crippen molar-refractivity contribution in [2.75, 3.05) is 11.1 Å². The van der Waals surface area contributed by atoms with Crippen LogP contribution in [-0.2, 0) is 11.3 Å². The third kappa shape index (κ3) is 2.85. The maximum Gasteiger partial charge on any atom is 0.244 e. The number of aromatic nitrogens is 1. The maximum atomic E-state index is 12.1. The molecule has 0 unspecified atom stereocenters. The monoisotopic (exact) mass is 299 g/mol. The highest BCUT2D eigenvalue weighted by atomic mass is 35.5. The van der Waals surface area contributed by atoms with Gasteiger partial charge in [-0.25, -0.2) is 0 Å². The van der Waals surface area contributed by atoms with Gasteiger partial charge in [0.05, 0.1) is 11.2 Å². The highest BCUT2D eigenvalue weighted by Gasteiger charge is 2.08. The van der Waals surface area contributed by atoms with Gasteiger partial charge in [0.25, 0.3) is 0 Å². The van der Waals surface area contributed by atoms with Gasteiger partial charge in [0.1, 0.15) is 6.54 Å². The molecule has 2 aromatic carbocycles. The molecule has 0 saturated carbocycles. The van der Waals surface area contributed by atoms with E-state index in [1.807, 2.05) is 35.0 Å². The molecular formula is C16H14ClN3O. The van der Waals surface area contributed by atoms with Gasteiger partial charge in [-0.15, -0.1) is 0 Å². The van der Waals surface area contributed by atoms with Gasteiger partial charge in [-0.2, -0.15) is 0 Å². The Labute approximate surface area is 127 Å². The number of hydrogen-bond donors (Lipinski definition) is 2. The Balaban J connectivity index is 1.81. The van der Waals surface area contributed by atoms with Crippen LogP contribution in [0.1, 0.15) is 0 Å². The minimum atomic E-state index is -0.127. The van der Waals surface area contributed by atoms with Crippen LogP contribution in [0.25, 0.3) is 10.9 Å².